The molecule has 0 bridgehead atoms. The number of rotatable bonds is 5. The van der Waals surface area contributed by atoms with Crippen LogP contribution in [0.1, 0.15) is 24.0 Å². The first-order chi connectivity index (χ1) is 16.9. The standard InChI is InChI=1S/C27H32N4O3S/c1-21-17-23-9-5-11-25(26(23)28-18-21)35(33,34)31-15-13-30(14-16-31)27(32)24-10-6-12-29(20-24)19-22-7-3-2-4-8-22/h2-5,7-9,11,17-18,24H,6,10,12-16,19-20H2,1H3. The van der Waals surface area contributed by atoms with Gasteiger partial charge in [-0.3, -0.25) is 14.7 Å². The van der Waals surface area contributed by atoms with Crippen LogP contribution in [0.5, 0.6) is 0 Å². The van der Waals surface area contributed by atoms with Crippen LogP contribution in [0, 0.1) is 12.8 Å². The molecule has 2 fully saturated rings. The second-order valence-corrected chi connectivity index (χ2v) is 11.5. The van der Waals surface area contributed by atoms with Gasteiger partial charge in [-0.25, -0.2) is 8.42 Å². The van der Waals surface area contributed by atoms with Gasteiger partial charge in [0.05, 0.1) is 11.4 Å². The Kier molecular flexibility index (Phi) is 6.86. The molecule has 0 saturated carbocycles. The average Bonchev–Trinajstić information content (AvgIpc) is 2.88. The highest BCUT2D eigenvalue weighted by Gasteiger charge is 2.35. The number of piperazine rings is 1. The van der Waals surface area contributed by atoms with Gasteiger partial charge in [0, 0.05) is 50.9 Å². The first kappa shape index (κ1) is 23.9. The highest BCUT2D eigenvalue weighted by Crippen LogP contribution is 2.27. The van der Waals surface area contributed by atoms with Crippen LogP contribution < -0.4 is 0 Å². The second-order valence-electron chi connectivity index (χ2n) is 9.63. The Hall–Kier alpha value is -2.81. The van der Waals surface area contributed by atoms with E-state index < -0.39 is 10.0 Å². The molecule has 1 unspecified atom stereocenters. The van der Waals surface area contributed by atoms with Crippen LogP contribution in [-0.2, 0) is 21.4 Å². The zero-order chi connectivity index (χ0) is 24.4. The van der Waals surface area contributed by atoms with E-state index in [2.05, 4.69) is 22.0 Å². The number of likely N-dealkylation sites (tertiary alicyclic amines) is 1. The van der Waals surface area contributed by atoms with Gasteiger partial charge in [-0.05, 0) is 49.6 Å². The highest BCUT2D eigenvalue weighted by molar-refractivity contribution is 7.89. The number of hydrogen-bond donors (Lipinski definition) is 0. The first-order valence-corrected chi connectivity index (χ1v) is 13.8. The minimum absolute atomic E-state index is 0.0267. The third-order valence-electron chi connectivity index (χ3n) is 7.08. The zero-order valence-electron chi connectivity index (χ0n) is 20.1. The zero-order valence-corrected chi connectivity index (χ0v) is 21.0. The largest absolute Gasteiger partial charge is 0.340 e. The number of nitrogens with zero attached hydrogens (tertiary/aromatic N) is 4. The molecular formula is C27H32N4O3S. The lowest BCUT2D eigenvalue weighted by molar-refractivity contribution is -0.138. The molecule has 3 aromatic rings. The fraction of sp³-hybridized carbons (Fsp3) is 0.407. The van der Waals surface area contributed by atoms with Gasteiger partial charge in [0.25, 0.3) is 0 Å². The Morgan fingerprint density at radius 2 is 1.77 bits per heavy atom. The van der Waals surface area contributed by atoms with Gasteiger partial charge < -0.3 is 4.90 Å². The first-order valence-electron chi connectivity index (χ1n) is 12.3. The lowest BCUT2D eigenvalue weighted by atomic mass is 9.95. The molecule has 2 aromatic carbocycles. The fourth-order valence-electron chi connectivity index (χ4n) is 5.24. The Balaban J connectivity index is 1.23. The molecule has 2 aliphatic rings. The van der Waals surface area contributed by atoms with Crippen molar-refractivity contribution in [2.24, 2.45) is 5.92 Å². The molecule has 0 N–H and O–H groups in total. The van der Waals surface area contributed by atoms with E-state index >= 15 is 0 Å². The normalized spacial score (nSPS) is 20.3. The number of amides is 1. The summed E-state index contributed by atoms with van der Waals surface area (Å²) in [5, 5.41) is 0.817. The number of piperidine rings is 1. The highest BCUT2D eigenvalue weighted by atomic mass is 32.2. The van der Waals surface area contributed by atoms with E-state index in [1.54, 1.807) is 18.3 Å². The number of para-hydroxylation sites is 1. The number of carbonyl (C=O) groups excluding carboxylic acids is 1. The Labute approximate surface area is 207 Å². The van der Waals surface area contributed by atoms with Crippen molar-refractivity contribution in [3.63, 3.8) is 0 Å². The number of aryl methyl sites for hydroxylation is 1. The number of sulfonamides is 1. The van der Waals surface area contributed by atoms with Crippen LogP contribution in [-0.4, -0.2) is 72.7 Å². The molecule has 0 aliphatic carbocycles. The third-order valence-corrected chi connectivity index (χ3v) is 9.01. The number of pyridine rings is 1. The number of benzene rings is 2. The van der Waals surface area contributed by atoms with E-state index in [0.29, 0.717) is 31.7 Å². The SMILES string of the molecule is Cc1cnc2c(S(=O)(=O)N3CCN(C(=O)C4CCCN(Cc5ccccc5)C4)CC3)cccc2c1. The van der Waals surface area contributed by atoms with Gasteiger partial charge in [-0.2, -0.15) is 4.31 Å². The maximum absolute atomic E-state index is 13.5. The molecule has 8 heteroatoms. The van der Waals surface area contributed by atoms with Gasteiger partial charge >= 0.3 is 0 Å². The van der Waals surface area contributed by atoms with Crippen LogP contribution in [0.2, 0.25) is 0 Å². The van der Waals surface area contributed by atoms with Crippen molar-refractivity contribution >= 4 is 26.8 Å². The van der Waals surface area contributed by atoms with E-state index in [1.807, 2.05) is 42.2 Å². The van der Waals surface area contributed by atoms with Crippen molar-refractivity contribution < 1.29 is 13.2 Å². The molecule has 0 spiro atoms. The maximum Gasteiger partial charge on any atom is 0.245 e. The molecule has 7 nitrogen and oxygen atoms in total. The summed E-state index contributed by atoms with van der Waals surface area (Å²) >= 11 is 0. The summed E-state index contributed by atoms with van der Waals surface area (Å²) in [5.41, 5.74) is 2.75. The molecule has 0 radical (unpaired) electrons. The molecule has 2 aliphatic heterocycles. The van der Waals surface area contributed by atoms with Crippen molar-refractivity contribution in [2.75, 3.05) is 39.3 Å². The molecule has 35 heavy (non-hydrogen) atoms. The van der Waals surface area contributed by atoms with E-state index in [-0.39, 0.29) is 16.7 Å². The predicted octanol–water partition coefficient (Wildman–Crippen LogP) is 3.29. The van der Waals surface area contributed by atoms with E-state index in [0.717, 1.165) is 43.4 Å². The van der Waals surface area contributed by atoms with Gasteiger partial charge in [0.2, 0.25) is 15.9 Å². The molecule has 184 valence electrons. The van der Waals surface area contributed by atoms with Crippen LogP contribution in [0.4, 0.5) is 0 Å². The minimum Gasteiger partial charge on any atom is -0.340 e. The summed E-state index contributed by atoms with van der Waals surface area (Å²) in [6.45, 7) is 6.01. The maximum atomic E-state index is 13.5. The summed E-state index contributed by atoms with van der Waals surface area (Å²) in [5.74, 6) is 0.128. The number of aromatic nitrogens is 1. The minimum atomic E-state index is -3.69. The van der Waals surface area contributed by atoms with Crippen molar-refractivity contribution in [3.05, 3.63) is 71.9 Å². The van der Waals surface area contributed by atoms with Crippen molar-refractivity contribution in [3.8, 4) is 0 Å². The van der Waals surface area contributed by atoms with E-state index in [1.165, 1.54) is 9.87 Å². The van der Waals surface area contributed by atoms with Crippen LogP contribution in [0.3, 0.4) is 0 Å². The lowest BCUT2D eigenvalue weighted by Gasteiger charge is -2.38. The molecule has 1 atom stereocenters. The quantitative estimate of drug-likeness (QED) is 0.547. The van der Waals surface area contributed by atoms with Gasteiger partial charge in [-0.15, -0.1) is 0 Å². The summed E-state index contributed by atoms with van der Waals surface area (Å²) in [6.07, 6.45) is 3.60. The van der Waals surface area contributed by atoms with Gasteiger partial charge in [0.1, 0.15) is 4.90 Å². The van der Waals surface area contributed by atoms with E-state index in [9.17, 15) is 13.2 Å². The molecule has 2 saturated heterocycles. The molecule has 1 amide bonds. The number of fused-ring (bicyclic) bond motifs is 1. The Morgan fingerprint density at radius 3 is 2.54 bits per heavy atom. The van der Waals surface area contributed by atoms with E-state index in [4.69, 9.17) is 0 Å². The van der Waals surface area contributed by atoms with Crippen molar-refractivity contribution in [1.29, 1.82) is 0 Å². The summed E-state index contributed by atoms with van der Waals surface area (Å²) < 4.78 is 28.4. The second kappa shape index (κ2) is 10.0. The van der Waals surface area contributed by atoms with Gasteiger partial charge in [-0.1, -0.05) is 42.5 Å². The Bertz CT molecular complexity index is 1300. The molecule has 5 rings (SSSR count). The number of carbonyl (C=O) groups is 1. The van der Waals surface area contributed by atoms with Crippen LogP contribution in [0.15, 0.2) is 65.7 Å². The smallest absolute Gasteiger partial charge is 0.245 e. The monoisotopic (exact) mass is 492 g/mol. The molecular weight excluding hydrogens is 460 g/mol. The lowest BCUT2D eigenvalue weighted by Crippen LogP contribution is -2.53. The number of hydrogen-bond acceptors (Lipinski definition) is 5. The summed E-state index contributed by atoms with van der Waals surface area (Å²) in [4.78, 5) is 22.2. The average molecular weight is 493 g/mol. The van der Waals surface area contributed by atoms with Crippen LogP contribution >= 0.6 is 0 Å². The predicted molar refractivity (Wildman–Crippen MR) is 136 cm³/mol. The third kappa shape index (κ3) is 5.10. The van der Waals surface area contributed by atoms with Crippen molar-refractivity contribution in [2.45, 2.75) is 31.2 Å². The molecule has 1 aromatic heterocycles. The fourth-order valence-corrected chi connectivity index (χ4v) is 6.83. The van der Waals surface area contributed by atoms with Crippen LogP contribution in [0.25, 0.3) is 10.9 Å². The summed E-state index contributed by atoms with van der Waals surface area (Å²) in [6, 6.07) is 17.6. The molecule has 3 heterocycles. The Morgan fingerprint density at radius 1 is 1.00 bits per heavy atom. The van der Waals surface area contributed by atoms with Gasteiger partial charge in [0.15, 0.2) is 0 Å². The van der Waals surface area contributed by atoms with Crippen molar-refractivity contribution in [1.82, 2.24) is 19.1 Å². The summed E-state index contributed by atoms with van der Waals surface area (Å²) in [7, 11) is -3.69. The topological polar surface area (TPSA) is 73.8 Å².